The molecule has 3 nitrogen and oxygen atoms in total. The van der Waals surface area contributed by atoms with Gasteiger partial charge in [-0.3, -0.25) is 0 Å². The van der Waals surface area contributed by atoms with Crippen LogP contribution >= 0.6 is 12.4 Å². The van der Waals surface area contributed by atoms with Gasteiger partial charge in [0.2, 0.25) is 0 Å². The number of nitrogens with two attached hydrogens (primary N) is 1. The quantitative estimate of drug-likeness (QED) is 0.896. The van der Waals surface area contributed by atoms with Crippen molar-refractivity contribution in [2.45, 2.75) is 19.4 Å². The minimum atomic E-state index is -0.374. The lowest BCUT2D eigenvalue weighted by atomic mass is 10.0. The molecule has 17 heavy (non-hydrogen) atoms. The molecule has 0 spiro atoms. The second kappa shape index (κ2) is 5.17. The number of hydrogen-bond donors (Lipinski definition) is 1. The van der Waals surface area contributed by atoms with Crippen LogP contribution in [0.25, 0.3) is 11.0 Å². The van der Waals surface area contributed by atoms with E-state index in [1.54, 1.807) is 0 Å². The summed E-state index contributed by atoms with van der Waals surface area (Å²) in [6.07, 6.45) is 1.86. The summed E-state index contributed by atoms with van der Waals surface area (Å²) in [5.74, 6) is -0.374. The molecule has 0 bridgehead atoms. The molecule has 2 aromatic rings. The molecule has 0 aliphatic rings. The third-order valence-electron chi connectivity index (χ3n) is 2.38. The summed E-state index contributed by atoms with van der Waals surface area (Å²) in [5.41, 5.74) is 7.27. The molecule has 0 aliphatic carbocycles. The molecule has 1 aromatic carbocycles. The van der Waals surface area contributed by atoms with E-state index in [-0.39, 0.29) is 24.3 Å². The van der Waals surface area contributed by atoms with Gasteiger partial charge in [0.15, 0.2) is 0 Å². The van der Waals surface area contributed by atoms with Gasteiger partial charge in [0.05, 0.1) is 5.56 Å². The standard InChI is InChI=1S/C12H11FN2O.ClH/c1-7(15)2-8-3-10(13)4-11-9(5-14)6-16-12(8)11;/h3-4,6-7H,2,15H2,1H3;1H. The van der Waals surface area contributed by atoms with E-state index in [9.17, 15) is 4.39 Å². The van der Waals surface area contributed by atoms with Crippen LogP contribution in [0, 0.1) is 17.1 Å². The van der Waals surface area contributed by atoms with Crippen LogP contribution in [0.5, 0.6) is 0 Å². The number of furan rings is 1. The zero-order valence-electron chi connectivity index (χ0n) is 9.24. The zero-order chi connectivity index (χ0) is 11.7. The van der Waals surface area contributed by atoms with Crippen LogP contribution < -0.4 is 5.73 Å². The first-order valence-electron chi connectivity index (χ1n) is 4.97. The molecule has 0 amide bonds. The third kappa shape index (κ3) is 2.57. The highest BCUT2D eigenvalue weighted by molar-refractivity contribution is 5.86. The Kier molecular flexibility index (Phi) is 4.11. The molecular weight excluding hydrogens is 243 g/mol. The SMILES string of the molecule is CC(N)Cc1cc(F)cc2c(C#N)coc12.Cl. The summed E-state index contributed by atoms with van der Waals surface area (Å²) in [5, 5.41) is 9.34. The molecule has 0 radical (unpaired) electrons. The van der Waals surface area contributed by atoms with E-state index >= 15 is 0 Å². The summed E-state index contributed by atoms with van der Waals surface area (Å²) < 4.78 is 18.6. The van der Waals surface area contributed by atoms with Gasteiger partial charge in [0, 0.05) is 11.4 Å². The highest BCUT2D eigenvalue weighted by atomic mass is 35.5. The van der Waals surface area contributed by atoms with Crippen molar-refractivity contribution in [2.75, 3.05) is 0 Å². The maximum absolute atomic E-state index is 13.3. The Balaban J connectivity index is 0.00000144. The van der Waals surface area contributed by atoms with E-state index in [1.165, 1.54) is 18.4 Å². The van der Waals surface area contributed by atoms with E-state index in [4.69, 9.17) is 15.4 Å². The Morgan fingerprint density at radius 1 is 1.53 bits per heavy atom. The molecule has 5 heteroatoms. The van der Waals surface area contributed by atoms with Crippen LogP contribution in [-0.2, 0) is 6.42 Å². The van der Waals surface area contributed by atoms with Crippen molar-refractivity contribution in [3.8, 4) is 6.07 Å². The van der Waals surface area contributed by atoms with Crippen LogP contribution in [0.2, 0.25) is 0 Å². The fourth-order valence-electron chi connectivity index (χ4n) is 1.76. The Hall–Kier alpha value is -1.57. The Bertz CT molecular complexity index is 572. The molecule has 0 fully saturated rings. The first-order valence-corrected chi connectivity index (χ1v) is 4.97. The lowest BCUT2D eigenvalue weighted by Gasteiger charge is -2.05. The lowest BCUT2D eigenvalue weighted by Crippen LogP contribution is -2.17. The minimum Gasteiger partial charge on any atom is -0.463 e. The van der Waals surface area contributed by atoms with Crippen LogP contribution in [-0.4, -0.2) is 6.04 Å². The van der Waals surface area contributed by atoms with E-state index in [0.717, 1.165) is 0 Å². The molecule has 1 atom stereocenters. The molecule has 0 aliphatic heterocycles. The van der Waals surface area contributed by atoms with Crippen molar-refractivity contribution in [1.29, 1.82) is 5.26 Å². The first kappa shape index (κ1) is 13.5. The zero-order valence-corrected chi connectivity index (χ0v) is 10.1. The van der Waals surface area contributed by atoms with Crippen molar-refractivity contribution in [1.82, 2.24) is 0 Å². The molecular formula is C12H12ClFN2O. The molecule has 1 heterocycles. The molecule has 2 rings (SSSR count). The Labute approximate surface area is 104 Å². The highest BCUT2D eigenvalue weighted by Crippen LogP contribution is 2.26. The normalized spacial score (nSPS) is 11.9. The number of rotatable bonds is 2. The predicted molar refractivity (Wildman–Crippen MR) is 65.5 cm³/mol. The topological polar surface area (TPSA) is 63.0 Å². The number of nitrogens with zero attached hydrogens (tertiary/aromatic N) is 1. The maximum Gasteiger partial charge on any atom is 0.138 e. The molecule has 1 unspecified atom stereocenters. The fraction of sp³-hybridized carbons (Fsp3) is 0.250. The molecule has 0 saturated carbocycles. The van der Waals surface area contributed by atoms with E-state index in [2.05, 4.69) is 0 Å². The summed E-state index contributed by atoms with van der Waals surface area (Å²) >= 11 is 0. The van der Waals surface area contributed by atoms with Crippen LogP contribution in [0.1, 0.15) is 18.1 Å². The van der Waals surface area contributed by atoms with Gasteiger partial charge in [0.1, 0.15) is 23.7 Å². The van der Waals surface area contributed by atoms with E-state index in [1.807, 2.05) is 13.0 Å². The fourth-order valence-corrected chi connectivity index (χ4v) is 1.76. The van der Waals surface area contributed by atoms with E-state index < -0.39 is 0 Å². The van der Waals surface area contributed by atoms with Crippen molar-refractivity contribution in [3.05, 3.63) is 35.3 Å². The minimum absolute atomic E-state index is 0. The Morgan fingerprint density at radius 2 is 2.24 bits per heavy atom. The van der Waals surface area contributed by atoms with Crippen molar-refractivity contribution in [3.63, 3.8) is 0 Å². The number of fused-ring (bicyclic) bond motifs is 1. The summed E-state index contributed by atoms with van der Waals surface area (Å²) in [6.45, 7) is 1.84. The number of hydrogen-bond acceptors (Lipinski definition) is 3. The van der Waals surface area contributed by atoms with E-state index in [0.29, 0.717) is 28.5 Å². The summed E-state index contributed by atoms with van der Waals surface area (Å²) in [7, 11) is 0. The van der Waals surface area contributed by atoms with Gasteiger partial charge in [-0.05, 0) is 31.0 Å². The average Bonchev–Trinajstić information content (AvgIpc) is 2.59. The first-order chi connectivity index (χ1) is 7.61. The molecule has 1 aromatic heterocycles. The second-order valence-electron chi connectivity index (χ2n) is 3.88. The van der Waals surface area contributed by atoms with Gasteiger partial charge in [-0.2, -0.15) is 5.26 Å². The van der Waals surface area contributed by atoms with Crippen LogP contribution in [0.3, 0.4) is 0 Å². The number of benzene rings is 1. The van der Waals surface area contributed by atoms with Gasteiger partial charge in [0.25, 0.3) is 0 Å². The van der Waals surface area contributed by atoms with Gasteiger partial charge in [-0.1, -0.05) is 0 Å². The van der Waals surface area contributed by atoms with Crippen LogP contribution in [0.15, 0.2) is 22.8 Å². The van der Waals surface area contributed by atoms with Crippen molar-refractivity contribution in [2.24, 2.45) is 5.73 Å². The van der Waals surface area contributed by atoms with Gasteiger partial charge in [-0.25, -0.2) is 4.39 Å². The highest BCUT2D eigenvalue weighted by Gasteiger charge is 2.13. The smallest absolute Gasteiger partial charge is 0.138 e. The lowest BCUT2D eigenvalue weighted by molar-refractivity contribution is 0.597. The maximum atomic E-state index is 13.3. The van der Waals surface area contributed by atoms with Gasteiger partial charge < -0.3 is 10.2 Å². The summed E-state index contributed by atoms with van der Waals surface area (Å²) in [6, 6.07) is 4.59. The molecule has 90 valence electrons. The third-order valence-corrected chi connectivity index (χ3v) is 2.38. The van der Waals surface area contributed by atoms with Crippen molar-refractivity contribution >= 4 is 23.4 Å². The second-order valence-corrected chi connectivity index (χ2v) is 3.88. The van der Waals surface area contributed by atoms with Crippen LogP contribution in [0.4, 0.5) is 4.39 Å². The molecule has 0 saturated heterocycles. The predicted octanol–water partition coefficient (Wildman–Crippen LogP) is 2.76. The van der Waals surface area contributed by atoms with Gasteiger partial charge >= 0.3 is 0 Å². The Morgan fingerprint density at radius 3 is 2.82 bits per heavy atom. The van der Waals surface area contributed by atoms with Crippen molar-refractivity contribution < 1.29 is 8.81 Å². The number of nitriles is 1. The monoisotopic (exact) mass is 254 g/mol. The van der Waals surface area contributed by atoms with Gasteiger partial charge in [-0.15, -0.1) is 12.4 Å². The average molecular weight is 255 g/mol. The number of halogens is 2. The molecule has 2 N–H and O–H groups in total. The summed E-state index contributed by atoms with van der Waals surface area (Å²) in [4.78, 5) is 0. The largest absolute Gasteiger partial charge is 0.463 e.